The molecule has 3 aliphatic rings. The first-order valence-electron chi connectivity index (χ1n) is 11.7. The normalized spacial score (nSPS) is 20.5. The highest BCUT2D eigenvalue weighted by molar-refractivity contribution is 6.11. The predicted octanol–water partition coefficient (Wildman–Crippen LogP) is 5.35. The molecule has 0 heterocycles. The molecule has 0 bridgehead atoms. The van der Waals surface area contributed by atoms with Crippen molar-refractivity contribution in [1.29, 1.82) is 0 Å². The lowest BCUT2D eigenvalue weighted by molar-refractivity contribution is -0.111. The van der Waals surface area contributed by atoms with Gasteiger partial charge in [0.2, 0.25) is 0 Å². The topological polar surface area (TPSA) is 17.1 Å². The van der Waals surface area contributed by atoms with Crippen LogP contribution in [0, 0.1) is 0 Å². The molecule has 0 saturated carbocycles. The molecule has 4 aromatic rings. The molecule has 1 heteroatoms. The minimum atomic E-state index is -0.623. The highest BCUT2D eigenvalue weighted by Gasteiger charge is 2.38. The van der Waals surface area contributed by atoms with Gasteiger partial charge >= 0.3 is 0 Å². The van der Waals surface area contributed by atoms with Crippen molar-refractivity contribution in [1.82, 2.24) is 0 Å². The van der Waals surface area contributed by atoms with E-state index in [4.69, 9.17) is 0 Å². The fraction of sp³-hybridized carbons (Fsp3) is 0.194. The van der Waals surface area contributed by atoms with Crippen molar-refractivity contribution >= 4 is 46.1 Å². The quantitative estimate of drug-likeness (QED) is 0.320. The van der Waals surface area contributed by atoms with Gasteiger partial charge in [-0.15, -0.1) is 0 Å². The summed E-state index contributed by atoms with van der Waals surface area (Å²) < 4.78 is 0. The second kappa shape index (κ2) is 6.53. The minimum Gasteiger partial charge on any atom is -0.302 e. The summed E-state index contributed by atoms with van der Waals surface area (Å²) in [5.74, 6) is 0. The van der Waals surface area contributed by atoms with Gasteiger partial charge in [-0.3, -0.25) is 0 Å². The van der Waals surface area contributed by atoms with Gasteiger partial charge in [0.25, 0.3) is 0 Å². The van der Waals surface area contributed by atoms with Gasteiger partial charge < -0.3 is 4.79 Å². The molecule has 0 radical (unpaired) electrons. The Labute approximate surface area is 187 Å². The summed E-state index contributed by atoms with van der Waals surface area (Å²) in [6, 6.07) is 20.2. The van der Waals surface area contributed by atoms with Crippen molar-refractivity contribution in [2.75, 3.05) is 0 Å². The zero-order valence-electron chi connectivity index (χ0n) is 18.0. The Hall–Kier alpha value is -3.45. The Morgan fingerprint density at radius 2 is 1.62 bits per heavy atom. The van der Waals surface area contributed by atoms with E-state index in [2.05, 4.69) is 78.9 Å². The van der Waals surface area contributed by atoms with Crippen LogP contribution in [-0.4, -0.2) is 6.29 Å². The first-order valence-corrected chi connectivity index (χ1v) is 11.7. The lowest BCUT2D eigenvalue weighted by atomic mass is 9.73. The molecule has 1 atom stereocenters. The fourth-order valence-electron chi connectivity index (χ4n) is 6.38. The molecule has 0 aliphatic heterocycles. The lowest BCUT2D eigenvalue weighted by Crippen LogP contribution is -2.32. The number of aryl methyl sites for hydroxylation is 2. The van der Waals surface area contributed by atoms with E-state index in [9.17, 15) is 4.79 Å². The van der Waals surface area contributed by atoms with Crippen molar-refractivity contribution in [3.8, 4) is 0 Å². The summed E-state index contributed by atoms with van der Waals surface area (Å²) in [5.41, 5.74) is 5.94. The Balaban J connectivity index is 1.51. The van der Waals surface area contributed by atoms with Crippen LogP contribution in [0.25, 0.3) is 39.8 Å². The first kappa shape index (κ1) is 18.2. The Morgan fingerprint density at radius 1 is 0.781 bits per heavy atom. The van der Waals surface area contributed by atoms with Gasteiger partial charge in [-0.1, -0.05) is 66.8 Å². The zero-order valence-corrected chi connectivity index (χ0v) is 18.0. The van der Waals surface area contributed by atoms with E-state index in [0.717, 1.165) is 17.5 Å². The van der Waals surface area contributed by atoms with Crippen molar-refractivity contribution in [3.05, 3.63) is 98.9 Å². The van der Waals surface area contributed by atoms with Crippen molar-refractivity contribution < 1.29 is 4.79 Å². The van der Waals surface area contributed by atoms with Crippen molar-refractivity contribution in [2.45, 2.75) is 37.5 Å². The van der Waals surface area contributed by atoms with E-state index in [1.807, 2.05) is 0 Å². The van der Waals surface area contributed by atoms with Gasteiger partial charge in [-0.25, -0.2) is 0 Å². The molecule has 4 aromatic carbocycles. The maximum absolute atomic E-state index is 12.8. The summed E-state index contributed by atoms with van der Waals surface area (Å²) in [6.07, 6.45) is 15.5. The van der Waals surface area contributed by atoms with Crippen LogP contribution in [0.2, 0.25) is 0 Å². The molecule has 0 spiro atoms. The largest absolute Gasteiger partial charge is 0.302 e. The number of fused-ring (bicyclic) bond motifs is 7. The number of carbonyl (C=O) groups excluding carboxylic acids is 1. The standard InChI is InChI=1S/C31H24O/c32-19-31(16-15-23-17-21-6-3-7-22(21)18-30(23)31)29-10-4-9-25-27-12-11-20-5-1-2-8-24(20)26(27)13-14-28(25)29/h3-4,6-7,9-15,17-19H,1-2,5,8,16H2. The van der Waals surface area contributed by atoms with Gasteiger partial charge in [0.15, 0.2) is 0 Å². The first-order chi connectivity index (χ1) is 15.8. The fourth-order valence-corrected chi connectivity index (χ4v) is 6.38. The highest BCUT2D eigenvalue weighted by atomic mass is 16.1. The minimum absolute atomic E-state index is 0.623. The maximum Gasteiger partial charge on any atom is 0.135 e. The predicted molar refractivity (Wildman–Crippen MR) is 133 cm³/mol. The number of benzene rings is 4. The zero-order chi connectivity index (χ0) is 21.3. The molecule has 3 aliphatic carbocycles. The molecule has 32 heavy (non-hydrogen) atoms. The summed E-state index contributed by atoms with van der Waals surface area (Å²) in [5, 5.41) is 7.58. The number of rotatable bonds is 2. The average molecular weight is 413 g/mol. The van der Waals surface area contributed by atoms with Crippen LogP contribution < -0.4 is 10.4 Å². The third-order valence-corrected chi connectivity index (χ3v) is 8.00. The number of hydrogen-bond donors (Lipinski definition) is 0. The van der Waals surface area contributed by atoms with Gasteiger partial charge in [0.05, 0.1) is 5.41 Å². The van der Waals surface area contributed by atoms with E-state index in [0.29, 0.717) is 0 Å². The number of allylic oxidation sites excluding steroid dienone is 1. The Morgan fingerprint density at radius 3 is 2.56 bits per heavy atom. The van der Waals surface area contributed by atoms with Gasteiger partial charge in [0.1, 0.15) is 6.29 Å². The Bertz CT molecular complexity index is 1620. The van der Waals surface area contributed by atoms with Crippen molar-refractivity contribution in [2.24, 2.45) is 0 Å². The van der Waals surface area contributed by atoms with Crippen LogP contribution in [0.5, 0.6) is 0 Å². The third-order valence-electron chi connectivity index (χ3n) is 8.00. The third kappa shape index (κ3) is 2.31. The van der Waals surface area contributed by atoms with Gasteiger partial charge in [0, 0.05) is 0 Å². The van der Waals surface area contributed by atoms with Gasteiger partial charge in [-0.2, -0.15) is 0 Å². The molecule has 0 saturated heterocycles. The molecule has 0 fully saturated rings. The number of aldehydes is 1. The summed E-state index contributed by atoms with van der Waals surface area (Å²) in [7, 11) is 0. The molecule has 0 N–H and O–H groups in total. The Kier molecular flexibility index (Phi) is 3.70. The molecule has 154 valence electrons. The highest BCUT2D eigenvalue weighted by Crippen LogP contribution is 2.42. The molecular formula is C31H24O. The van der Waals surface area contributed by atoms with Crippen LogP contribution in [0.15, 0.2) is 60.7 Å². The SMILES string of the molecule is O=CC1(c2cccc3c2ccc2c4c(ccc23)CCCC4)CC=c2cc3c(cc21)=CC=C3. The number of carbonyl (C=O) groups is 1. The molecular weight excluding hydrogens is 388 g/mol. The second-order valence-corrected chi connectivity index (χ2v) is 9.56. The van der Waals surface area contributed by atoms with E-state index < -0.39 is 5.41 Å². The summed E-state index contributed by atoms with van der Waals surface area (Å²) in [6.45, 7) is 0. The van der Waals surface area contributed by atoms with Crippen molar-refractivity contribution in [3.63, 3.8) is 0 Å². The van der Waals surface area contributed by atoms with Crippen LogP contribution in [0.4, 0.5) is 0 Å². The second-order valence-electron chi connectivity index (χ2n) is 9.56. The number of hydrogen-bond acceptors (Lipinski definition) is 1. The monoisotopic (exact) mass is 412 g/mol. The van der Waals surface area contributed by atoms with Crippen LogP contribution in [-0.2, 0) is 23.1 Å². The van der Waals surface area contributed by atoms with Crippen LogP contribution in [0.3, 0.4) is 0 Å². The smallest absolute Gasteiger partial charge is 0.135 e. The summed E-state index contributed by atoms with van der Waals surface area (Å²) in [4.78, 5) is 12.8. The van der Waals surface area contributed by atoms with E-state index in [1.54, 1.807) is 0 Å². The maximum atomic E-state index is 12.8. The lowest BCUT2D eigenvalue weighted by Gasteiger charge is -2.27. The average Bonchev–Trinajstić information content (AvgIpc) is 3.46. The van der Waals surface area contributed by atoms with E-state index >= 15 is 0 Å². The molecule has 0 amide bonds. The summed E-state index contributed by atoms with van der Waals surface area (Å²) >= 11 is 0. The molecule has 0 aromatic heterocycles. The van der Waals surface area contributed by atoms with E-state index in [1.165, 1.54) is 80.6 Å². The van der Waals surface area contributed by atoms with Crippen LogP contribution >= 0.6 is 0 Å². The van der Waals surface area contributed by atoms with Crippen LogP contribution in [0.1, 0.15) is 47.1 Å². The van der Waals surface area contributed by atoms with E-state index in [-0.39, 0.29) is 0 Å². The molecule has 1 nitrogen and oxygen atoms in total. The van der Waals surface area contributed by atoms with Gasteiger partial charge in [-0.05, 0) is 104 Å². The molecule has 1 unspecified atom stereocenters. The molecule has 7 rings (SSSR count).